The van der Waals surface area contributed by atoms with Gasteiger partial charge in [-0.1, -0.05) is 23.2 Å². The number of nitrogens with zero attached hydrogens (tertiary/aromatic N) is 2. The van der Waals surface area contributed by atoms with E-state index in [9.17, 15) is 8.78 Å². The molecule has 1 aromatic heterocycles. The number of hydrogen-bond donors (Lipinski definition) is 1. The van der Waals surface area contributed by atoms with Crippen LogP contribution >= 0.6 is 23.2 Å². The minimum Gasteiger partial charge on any atom is -0.369 e. The molecule has 0 radical (unpaired) electrons. The van der Waals surface area contributed by atoms with Gasteiger partial charge in [0.25, 0.3) is 0 Å². The summed E-state index contributed by atoms with van der Waals surface area (Å²) in [4.78, 5) is 3.90. The lowest BCUT2D eigenvalue weighted by Gasteiger charge is -2.08. The van der Waals surface area contributed by atoms with Crippen LogP contribution in [0.4, 0.5) is 14.7 Å². The smallest absolute Gasteiger partial charge is 0.206 e. The van der Waals surface area contributed by atoms with Crippen molar-refractivity contribution >= 4 is 40.2 Å². The Morgan fingerprint density at radius 1 is 1.00 bits per heavy atom. The molecule has 0 bridgehead atoms. The van der Waals surface area contributed by atoms with Crippen molar-refractivity contribution in [3.8, 4) is 5.69 Å². The summed E-state index contributed by atoms with van der Waals surface area (Å²) in [6.07, 6.45) is 0. The minimum atomic E-state index is -0.779. The van der Waals surface area contributed by atoms with Crippen LogP contribution in [0, 0.1) is 11.6 Å². The third kappa shape index (κ3) is 2.09. The predicted octanol–water partition coefficient (Wildman–Crippen LogP) is 4.19. The molecule has 3 aromatic rings. The Balaban J connectivity index is 2.38. The van der Waals surface area contributed by atoms with Gasteiger partial charge in [-0.25, -0.2) is 13.8 Å². The normalized spacial score (nSPS) is 11.2. The molecule has 1 heterocycles. The number of aromatic nitrogens is 2. The molecular formula is C13H7Cl2F2N3. The van der Waals surface area contributed by atoms with E-state index in [0.717, 1.165) is 12.1 Å². The summed E-state index contributed by atoms with van der Waals surface area (Å²) in [5.41, 5.74) is 6.45. The van der Waals surface area contributed by atoms with Gasteiger partial charge in [0.1, 0.15) is 11.3 Å². The van der Waals surface area contributed by atoms with E-state index >= 15 is 0 Å². The zero-order chi connectivity index (χ0) is 14.4. The molecule has 3 rings (SSSR count). The third-order valence-corrected chi connectivity index (χ3v) is 3.25. The molecule has 0 atom stereocenters. The molecule has 20 heavy (non-hydrogen) atoms. The van der Waals surface area contributed by atoms with E-state index in [1.807, 2.05) is 0 Å². The molecule has 0 saturated heterocycles. The summed E-state index contributed by atoms with van der Waals surface area (Å²) in [7, 11) is 0. The molecular weight excluding hydrogens is 307 g/mol. The third-order valence-electron chi connectivity index (χ3n) is 2.81. The van der Waals surface area contributed by atoms with Crippen molar-refractivity contribution in [3.05, 3.63) is 52.0 Å². The highest BCUT2D eigenvalue weighted by Gasteiger charge is 2.15. The zero-order valence-electron chi connectivity index (χ0n) is 9.87. The lowest BCUT2D eigenvalue weighted by Crippen LogP contribution is -2.00. The molecule has 0 aliphatic carbocycles. The topological polar surface area (TPSA) is 43.8 Å². The van der Waals surface area contributed by atoms with E-state index < -0.39 is 11.6 Å². The van der Waals surface area contributed by atoms with Gasteiger partial charge in [-0.05, 0) is 18.2 Å². The van der Waals surface area contributed by atoms with E-state index in [2.05, 4.69) is 4.98 Å². The number of imidazole rings is 1. The molecule has 0 unspecified atom stereocenters. The molecule has 0 spiro atoms. The van der Waals surface area contributed by atoms with Gasteiger partial charge in [0, 0.05) is 22.2 Å². The zero-order valence-corrected chi connectivity index (χ0v) is 11.4. The molecule has 3 nitrogen and oxygen atoms in total. The van der Waals surface area contributed by atoms with Crippen molar-refractivity contribution in [2.45, 2.75) is 0 Å². The first-order chi connectivity index (χ1) is 9.45. The first-order valence-electron chi connectivity index (χ1n) is 5.55. The Kier molecular flexibility index (Phi) is 3.03. The summed E-state index contributed by atoms with van der Waals surface area (Å²) in [5, 5.41) is 0.760. The summed E-state index contributed by atoms with van der Waals surface area (Å²) >= 11 is 11.9. The second-order valence-corrected chi connectivity index (χ2v) is 5.06. The average Bonchev–Trinajstić information content (AvgIpc) is 2.64. The van der Waals surface area contributed by atoms with E-state index in [-0.39, 0.29) is 17.0 Å². The van der Waals surface area contributed by atoms with Gasteiger partial charge >= 0.3 is 0 Å². The highest BCUT2D eigenvalue weighted by atomic mass is 35.5. The van der Waals surface area contributed by atoms with Crippen LogP contribution in [-0.2, 0) is 0 Å². The van der Waals surface area contributed by atoms with E-state index in [0.29, 0.717) is 15.7 Å². The molecule has 2 N–H and O–H groups in total. The maximum absolute atomic E-state index is 13.7. The maximum Gasteiger partial charge on any atom is 0.206 e. The second-order valence-electron chi connectivity index (χ2n) is 4.19. The van der Waals surface area contributed by atoms with E-state index in [1.54, 1.807) is 18.2 Å². The van der Waals surface area contributed by atoms with Crippen molar-refractivity contribution in [2.75, 3.05) is 5.73 Å². The first kappa shape index (κ1) is 13.1. The molecule has 0 amide bonds. The fourth-order valence-electron chi connectivity index (χ4n) is 2.06. The largest absolute Gasteiger partial charge is 0.369 e. The van der Waals surface area contributed by atoms with Gasteiger partial charge in [-0.2, -0.15) is 0 Å². The van der Waals surface area contributed by atoms with Crippen LogP contribution in [0.1, 0.15) is 0 Å². The lowest BCUT2D eigenvalue weighted by atomic mass is 10.2. The predicted molar refractivity (Wildman–Crippen MR) is 75.4 cm³/mol. The highest BCUT2D eigenvalue weighted by molar-refractivity contribution is 6.34. The molecule has 7 heteroatoms. The lowest BCUT2D eigenvalue weighted by molar-refractivity contribution is 0.590. The molecule has 102 valence electrons. The SMILES string of the molecule is Nc1nc2c(F)cc(F)cc2n1-c1cc(Cl)cc(Cl)c1. The number of hydrogen-bond acceptors (Lipinski definition) is 2. The van der Waals surface area contributed by atoms with Crippen LogP contribution in [-0.4, -0.2) is 9.55 Å². The molecule has 0 aliphatic rings. The van der Waals surface area contributed by atoms with Crippen molar-refractivity contribution in [2.24, 2.45) is 0 Å². The van der Waals surface area contributed by atoms with Gasteiger partial charge in [0.15, 0.2) is 5.82 Å². The van der Waals surface area contributed by atoms with Crippen molar-refractivity contribution in [1.29, 1.82) is 0 Å². The Bertz CT molecular complexity index is 810. The van der Waals surface area contributed by atoms with Gasteiger partial charge in [-0.15, -0.1) is 0 Å². The number of fused-ring (bicyclic) bond motifs is 1. The minimum absolute atomic E-state index is 0.0139. The Labute approximate surface area is 122 Å². The second kappa shape index (κ2) is 4.61. The summed E-state index contributed by atoms with van der Waals surface area (Å²) in [6.45, 7) is 0. The van der Waals surface area contributed by atoms with Crippen molar-refractivity contribution in [1.82, 2.24) is 9.55 Å². The Morgan fingerprint density at radius 3 is 2.30 bits per heavy atom. The number of nitrogen functional groups attached to an aromatic ring is 1. The van der Waals surface area contributed by atoms with Crippen LogP contribution in [0.25, 0.3) is 16.7 Å². The van der Waals surface area contributed by atoms with Crippen molar-refractivity contribution in [3.63, 3.8) is 0 Å². The molecule has 0 fully saturated rings. The Morgan fingerprint density at radius 2 is 1.65 bits per heavy atom. The van der Waals surface area contributed by atoms with Gasteiger partial charge < -0.3 is 5.73 Å². The molecule has 2 aromatic carbocycles. The monoisotopic (exact) mass is 313 g/mol. The molecule has 0 aliphatic heterocycles. The molecule has 0 saturated carbocycles. The summed E-state index contributed by atoms with van der Waals surface area (Å²) in [6, 6.07) is 6.60. The van der Waals surface area contributed by atoms with Crippen LogP contribution in [0.2, 0.25) is 10.0 Å². The Hall–Kier alpha value is -1.85. The fourth-order valence-corrected chi connectivity index (χ4v) is 2.58. The standard InChI is InChI=1S/C13H7Cl2F2N3/c14-6-1-7(15)3-9(2-6)20-11-5-8(16)4-10(17)12(11)19-13(20)18/h1-5H,(H2,18,19). The van der Waals surface area contributed by atoms with Gasteiger partial charge in [-0.3, -0.25) is 4.57 Å². The number of benzene rings is 2. The van der Waals surface area contributed by atoms with E-state index in [4.69, 9.17) is 28.9 Å². The van der Waals surface area contributed by atoms with Crippen LogP contribution in [0.15, 0.2) is 30.3 Å². The fraction of sp³-hybridized carbons (Fsp3) is 0. The number of rotatable bonds is 1. The number of halogens is 4. The average molecular weight is 314 g/mol. The van der Waals surface area contributed by atoms with Crippen molar-refractivity contribution < 1.29 is 8.78 Å². The summed E-state index contributed by atoms with van der Waals surface area (Å²) in [5.74, 6) is -1.48. The van der Waals surface area contributed by atoms with Crippen LogP contribution < -0.4 is 5.73 Å². The van der Waals surface area contributed by atoms with E-state index in [1.165, 1.54) is 4.57 Å². The first-order valence-corrected chi connectivity index (χ1v) is 6.31. The quantitative estimate of drug-likeness (QED) is 0.732. The van der Waals surface area contributed by atoms with Crippen LogP contribution in [0.3, 0.4) is 0 Å². The number of anilines is 1. The maximum atomic E-state index is 13.7. The van der Waals surface area contributed by atoms with Crippen LogP contribution in [0.5, 0.6) is 0 Å². The number of nitrogens with two attached hydrogens (primary N) is 1. The van der Waals surface area contributed by atoms with Gasteiger partial charge in [0.05, 0.1) is 11.2 Å². The van der Waals surface area contributed by atoms with Gasteiger partial charge in [0.2, 0.25) is 5.95 Å². The summed E-state index contributed by atoms with van der Waals surface area (Å²) < 4.78 is 28.5. The highest BCUT2D eigenvalue weighted by Crippen LogP contribution is 2.29.